The lowest BCUT2D eigenvalue weighted by Crippen LogP contribution is -2.28. The van der Waals surface area contributed by atoms with Gasteiger partial charge in [0, 0.05) is 18.5 Å². The number of nitrogens with one attached hydrogen (secondary N) is 2. The Morgan fingerprint density at radius 1 is 1.33 bits per heavy atom. The molecule has 0 atom stereocenters. The fourth-order valence-electron chi connectivity index (χ4n) is 1.91. The maximum atomic E-state index is 12.3. The number of aryl methyl sites for hydroxylation is 1. The second-order valence-corrected chi connectivity index (χ2v) is 5.96. The zero-order chi connectivity index (χ0) is 17.4. The fraction of sp³-hybridized carbons (Fsp3) is 0.400. The van der Waals surface area contributed by atoms with E-state index in [0.717, 1.165) is 24.3 Å². The second kappa shape index (κ2) is 9.11. The van der Waals surface area contributed by atoms with Crippen LogP contribution in [0.5, 0.6) is 5.75 Å². The zero-order valence-electron chi connectivity index (χ0n) is 13.1. The number of carbonyl (C=O) groups is 1. The molecule has 0 spiro atoms. The van der Waals surface area contributed by atoms with Gasteiger partial charge in [0.1, 0.15) is 10.8 Å². The van der Waals surface area contributed by atoms with Crippen LogP contribution in [0, 0.1) is 0 Å². The number of unbranched alkanes of at least 4 members (excludes halogenated alkanes) is 1. The molecule has 0 aliphatic heterocycles. The first-order chi connectivity index (χ1) is 11.6. The van der Waals surface area contributed by atoms with Gasteiger partial charge in [0.05, 0.1) is 0 Å². The van der Waals surface area contributed by atoms with Gasteiger partial charge in [-0.15, -0.1) is 10.2 Å². The lowest BCUT2D eigenvalue weighted by molar-refractivity contribution is -0.0504. The number of urea groups is 1. The minimum absolute atomic E-state index is 0.0329. The summed E-state index contributed by atoms with van der Waals surface area (Å²) in [6.07, 6.45) is 2.90. The molecule has 0 saturated carbocycles. The second-order valence-electron chi connectivity index (χ2n) is 4.90. The summed E-state index contributed by atoms with van der Waals surface area (Å²) in [5.41, 5.74) is 0.453. The number of hydrogen-bond acceptors (Lipinski definition) is 5. The highest BCUT2D eigenvalue weighted by Crippen LogP contribution is 2.20. The first-order valence-corrected chi connectivity index (χ1v) is 8.30. The Kier molecular flexibility index (Phi) is 6.86. The van der Waals surface area contributed by atoms with E-state index in [-0.39, 0.29) is 12.3 Å². The van der Waals surface area contributed by atoms with Crippen molar-refractivity contribution in [1.29, 1.82) is 0 Å². The van der Waals surface area contributed by atoms with E-state index >= 15 is 0 Å². The highest BCUT2D eigenvalue weighted by Gasteiger charge is 2.11. The molecule has 1 aromatic carbocycles. The molecule has 0 saturated heterocycles. The van der Waals surface area contributed by atoms with Gasteiger partial charge in [0.2, 0.25) is 5.13 Å². The van der Waals surface area contributed by atoms with Crippen LogP contribution in [0.4, 0.5) is 18.7 Å². The van der Waals surface area contributed by atoms with E-state index in [1.807, 2.05) is 0 Å². The number of rotatable bonds is 8. The Bertz CT molecular complexity index is 666. The summed E-state index contributed by atoms with van der Waals surface area (Å²) in [4.78, 5) is 11.9. The molecule has 24 heavy (non-hydrogen) atoms. The maximum absolute atomic E-state index is 12.3. The molecule has 130 valence electrons. The number of carbonyl (C=O) groups excluding carboxylic acids is 1. The van der Waals surface area contributed by atoms with Crippen molar-refractivity contribution < 1.29 is 18.3 Å². The highest BCUT2D eigenvalue weighted by molar-refractivity contribution is 7.15. The largest absolute Gasteiger partial charge is 0.434 e. The first kappa shape index (κ1) is 18.1. The molecule has 9 heteroatoms. The number of hydrogen-bond donors (Lipinski definition) is 2. The van der Waals surface area contributed by atoms with Crippen molar-refractivity contribution in [3.63, 3.8) is 0 Å². The first-order valence-electron chi connectivity index (χ1n) is 7.48. The summed E-state index contributed by atoms with van der Waals surface area (Å²) in [6, 6.07) is 5.80. The van der Waals surface area contributed by atoms with Crippen LogP contribution in [0.3, 0.4) is 0 Å². The van der Waals surface area contributed by atoms with Crippen LogP contribution in [0.25, 0.3) is 0 Å². The number of halogens is 2. The van der Waals surface area contributed by atoms with Gasteiger partial charge in [-0.25, -0.2) is 4.79 Å². The summed E-state index contributed by atoms with van der Waals surface area (Å²) in [5.74, 6) is 0.0329. The molecule has 0 fully saturated rings. The molecule has 0 bridgehead atoms. The quantitative estimate of drug-likeness (QED) is 0.754. The molecule has 6 nitrogen and oxygen atoms in total. The monoisotopic (exact) mass is 356 g/mol. The molecule has 2 N–H and O–H groups in total. The van der Waals surface area contributed by atoms with Crippen LogP contribution in [0.15, 0.2) is 24.3 Å². The Hall–Kier alpha value is -2.29. The van der Waals surface area contributed by atoms with E-state index < -0.39 is 12.6 Å². The van der Waals surface area contributed by atoms with E-state index in [4.69, 9.17) is 0 Å². The van der Waals surface area contributed by atoms with Crippen LogP contribution in [0.1, 0.15) is 30.3 Å². The molecule has 1 aromatic heterocycles. The number of alkyl halides is 2. The van der Waals surface area contributed by atoms with Crippen LogP contribution < -0.4 is 15.4 Å². The van der Waals surface area contributed by atoms with Gasteiger partial charge in [0.25, 0.3) is 0 Å². The van der Waals surface area contributed by atoms with Gasteiger partial charge in [-0.1, -0.05) is 42.9 Å². The summed E-state index contributed by atoms with van der Waals surface area (Å²) in [7, 11) is 0. The van der Waals surface area contributed by atoms with Crippen molar-refractivity contribution in [2.24, 2.45) is 0 Å². The van der Waals surface area contributed by atoms with Crippen molar-refractivity contribution in [3.8, 4) is 5.75 Å². The summed E-state index contributed by atoms with van der Waals surface area (Å²) in [5, 5.41) is 14.3. The summed E-state index contributed by atoms with van der Waals surface area (Å²) < 4.78 is 29.1. The van der Waals surface area contributed by atoms with Crippen molar-refractivity contribution in [2.45, 2.75) is 39.3 Å². The Labute approximate surface area is 142 Å². The molecule has 0 radical (unpaired) electrons. The third-order valence-corrected chi connectivity index (χ3v) is 3.96. The van der Waals surface area contributed by atoms with Gasteiger partial charge in [-0.2, -0.15) is 8.78 Å². The smallest absolute Gasteiger partial charge is 0.387 e. The molecule has 2 amide bonds. The number of benzene rings is 1. The third kappa shape index (κ3) is 5.73. The maximum Gasteiger partial charge on any atom is 0.387 e. The predicted octanol–water partition coefficient (Wildman–Crippen LogP) is 3.80. The molecule has 1 heterocycles. The van der Waals surface area contributed by atoms with Crippen LogP contribution in [-0.2, 0) is 13.0 Å². The van der Waals surface area contributed by atoms with E-state index in [1.165, 1.54) is 17.4 Å². The molecule has 0 unspecified atom stereocenters. The predicted molar refractivity (Wildman–Crippen MR) is 87.5 cm³/mol. The SMILES string of the molecule is CCCCc1nnc(NC(=O)NCc2ccccc2OC(F)F)s1. The average Bonchev–Trinajstić information content (AvgIpc) is 2.99. The van der Waals surface area contributed by atoms with Crippen molar-refractivity contribution in [1.82, 2.24) is 15.5 Å². The van der Waals surface area contributed by atoms with Crippen molar-refractivity contribution >= 4 is 22.5 Å². The lowest BCUT2D eigenvalue weighted by atomic mass is 10.2. The minimum atomic E-state index is -2.91. The molecule has 2 rings (SSSR count). The molecular formula is C15H18F2N4O2S. The van der Waals surface area contributed by atoms with Crippen molar-refractivity contribution in [3.05, 3.63) is 34.8 Å². The molecular weight excluding hydrogens is 338 g/mol. The number of para-hydroxylation sites is 1. The van der Waals surface area contributed by atoms with Gasteiger partial charge < -0.3 is 10.1 Å². The molecule has 0 aliphatic rings. The van der Waals surface area contributed by atoms with Crippen molar-refractivity contribution in [2.75, 3.05) is 5.32 Å². The highest BCUT2D eigenvalue weighted by atomic mass is 32.1. The zero-order valence-corrected chi connectivity index (χ0v) is 13.9. The molecule has 0 aliphatic carbocycles. The number of amides is 2. The van der Waals surface area contributed by atoms with Crippen LogP contribution in [0.2, 0.25) is 0 Å². The number of anilines is 1. The lowest BCUT2D eigenvalue weighted by Gasteiger charge is -2.11. The fourth-order valence-corrected chi connectivity index (χ4v) is 2.69. The van der Waals surface area contributed by atoms with Gasteiger partial charge >= 0.3 is 12.6 Å². The number of nitrogens with zero attached hydrogens (tertiary/aromatic N) is 2. The average molecular weight is 356 g/mol. The van der Waals surface area contributed by atoms with Gasteiger partial charge in [0.15, 0.2) is 0 Å². The topological polar surface area (TPSA) is 76.1 Å². The van der Waals surface area contributed by atoms with Crippen LogP contribution in [-0.4, -0.2) is 22.8 Å². The standard InChI is InChI=1S/C15H18F2N4O2S/c1-2-3-8-12-20-21-15(24-12)19-14(22)18-9-10-6-4-5-7-11(10)23-13(16)17/h4-7,13H,2-3,8-9H2,1H3,(H2,18,19,21,22). The normalized spacial score (nSPS) is 10.7. The summed E-state index contributed by atoms with van der Waals surface area (Å²) >= 11 is 1.32. The van der Waals surface area contributed by atoms with E-state index in [2.05, 4.69) is 32.5 Å². The van der Waals surface area contributed by atoms with E-state index in [9.17, 15) is 13.6 Å². The Morgan fingerprint density at radius 3 is 2.88 bits per heavy atom. The minimum Gasteiger partial charge on any atom is -0.434 e. The van der Waals surface area contributed by atoms with E-state index in [1.54, 1.807) is 18.2 Å². The van der Waals surface area contributed by atoms with E-state index in [0.29, 0.717) is 10.7 Å². The summed E-state index contributed by atoms with van der Waals surface area (Å²) in [6.45, 7) is -0.776. The van der Waals surface area contributed by atoms with Crippen LogP contribution >= 0.6 is 11.3 Å². The Morgan fingerprint density at radius 2 is 2.12 bits per heavy atom. The van der Waals surface area contributed by atoms with Gasteiger partial charge in [-0.05, 0) is 12.5 Å². The number of aromatic nitrogens is 2. The Balaban J connectivity index is 1.86. The molecule has 2 aromatic rings. The third-order valence-electron chi connectivity index (χ3n) is 3.06. The number of ether oxygens (including phenoxy) is 1. The van der Waals surface area contributed by atoms with Gasteiger partial charge in [-0.3, -0.25) is 5.32 Å².